The van der Waals surface area contributed by atoms with Gasteiger partial charge in [0.05, 0.1) is 11.0 Å². The van der Waals surface area contributed by atoms with Gasteiger partial charge in [0.15, 0.2) is 0 Å². The quantitative estimate of drug-likeness (QED) is 0.848. The van der Waals surface area contributed by atoms with Gasteiger partial charge in [-0.25, -0.2) is 4.98 Å². The van der Waals surface area contributed by atoms with Crippen LogP contribution >= 0.6 is 0 Å². The summed E-state index contributed by atoms with van der Waals surface area (Å²) in [6.45, 7) is 9.95. The Balaban J connectivity index is 2.02. The van der Waals surface area contributed by atoms with Crippen LogP contribution in [0.2, 0.25) is 0 Å². The van der Waals surface area contributed by atoms with Crippen LogP contribution in [0.1, 0.15) is 31.7 Å². The van der Waals surface area contributed by atoms with Crippen LogP contribution in [-0.4, -0.2) is 34.5 Å². The fraction of sp³-hybridized carbons (Fsp3) is 0.533. The van der Waals surface area contributed by atoms with E-state index >= 15 is 0 Å². The summed E-state index contributed by atoms with van der Waals surface area (Å²) in [5.41, 5.74) is 3.61. The van der Waals surface area contributed by atoms with E-state index in [1.807, 2.05) is 6.92 Å². The fourth-order valence-corrected chi connectivity index (χ4v) is 2.37. The predicted octanol–water partition coefficient (Wildman–Crippen LogP) is 3.15. The highest BCUT2D eigenvalue weighted by molar-refractivity contribution is 5.75. The molecule has 2 aromatic rings. The zero-order chi connectivity index (χ0) is 13.0. The van der Waals surface area contributed by atoms with Crippen molar-refractivity contribution < 1.29 is 0 Å². The summed E-state index contributed by atoms with van der Waals surface area (Å²) in [4.78, 5) is 10.2. The van der Waals surface area contributed by atoms with E-state index in [1.54, 1.807) is 0 Å². The van der Waals surface area contributed by atoms with E-state index in [-0.39, 0.29) is 0 Å². The Hall–Kier alpha value is -1.35. The molecule has 3 heteroatoms. The van der Waals surface area contributed by atoms with Gasteiger partial charge < -0.3 is 9.88 Å². The van der Waals surface area contributed by atoms with Gasteiger partial charge in [0.1, 0.15) is 5.82 Å². The van der Waals surface area contributed by atoms with Gasteiger partial charge in [0.25, 0.3) is 0 Å². The standard InChI is InChI=1S/C15H23N3/c1-4-9-18(5-2)10-8-13-6-7-14-15(11-13)17-12(3)16-14/h6-7,11H,4-5,8-10H2,1-3H3,(H,16,17). The minimum atomic E-state index is 0.989. The number of rotatable bonds is 6. The Morgan fingerprint density at radius 1 is 1.22 bits per heavy atom. The molecule has 1 heterocycles. The van der Waals surface area contributed by atoms with Gasteiger partial charge in [-0.3, -0.25) is 0 Å². The van der Waals surface area contributed by atoms with Crippen LogP contribution in [0.3, 0.4) is 0 Å². The van der Waals surface area contributed by atoms with E-state index in [0.717, 1.165) is 36.4 Å². The summed E-state index contributed by atoms with van der Waals surface area (Å²) in [6, 6.07) is 6.54. The molecule has 0 saturated heterocycles. The van der Waals surface area contributed by atoms with E-state index in [2.05, 4.69) is 46.9 Å². The zero-order valence-electron chi connectivity index (χ0n) is 11.7. The van der Waals surface area contributed by atoms with E-state index in [0.29, 0.717) is 0 Å². The molecule has 3 nitrogen and oxygen atoms in total. The van der Waals surface area contributed by atoms with Gasteiger partial charge in [-0.05, 0) is 50.6 Å². The molecule has 0 unspecified atom stereocenters. The third-order valence-electron chi connectivity index (χ3n) is 3.37. The van der Waals surface area contributed by atoms with Crippen molar-refractivity contribution in [2.24, 2.45) is 0 Å². The van der Waals surface area contributed by atoms with Crippen LogP contribution in [0.4, 0.5) is 0 Å². The molecular weight excluding hydrogens is 222 g/mol. The second-order valence-corrected chi connectivity index (χ2v) is 4.86. The van der Waals surface area contributed by atoms with Crippen molar-refractivity contribution >= 4 is 11.0 Å². The number of aryl methyl sites for hydroxylation is 1. The van der Waals surface area contributed by atoms with Gasteiger partial charge in [-0.2, -0.15) is 0 Å². The number of H-pyrrole nitrogens is 1. The lowest BCUT2D eigenvalue weighted by atomic mass is 10.1. The first-order chi connectivity index (χ1) is 8.72. The number of nitrogens with one attached hydrogen (secondary N) is 1. The van der Waals surface area contributed by atoms with E-state index < -0.39 is 0 Å². The van der Waals surface area contributed by atoms with Crippen molar-refractivity contribution in [2.75, 3.05) is 19.6 Å². The SMILES string of the molecule is CCCN(CC)CCc1ccc2nc(C)[nH]c2c1. The number of aromatic amines is 1. The van der Waals surface area contributed by atoms with E-state index in [9.17, 15) is 0 Å². The molecule has 2 rings (SSSR count). The van der Waals surface area contributed by atoms with Crippen LogP contribution in [0.5, 0.6) is 0 Å². The fourth-order valence-electron chi connectivity index (χ4n) is 2.37. The van der Waals surface area contributed by atoms with E-state index in [1.165, 1.54) is 18.5 Å². The number of imidazole rings is 1. The van der Waals surface area contributed by atoms with Gasteiger partial charge in [-0.15, -0.1) is 0 Å². The molecule has 0 amide bonds. The van der Waals surface area contributed by atoms with Crippen LogP contribution in [0.25, 0.3) is 11.0 Å². The summed E-state index contributed by atoms with van der Waals surface area (Å²) < 4.78 is 0. The summed E-state index contributed by atoms with van der Waals surface area (Å²) in [7, 11) is 0. The Bertz CT molecular complexity index is 501. The Morgan fingerprint density at radius 2 is 2.06 bits per heavy atom. The average Bonchev–Trinajstić information content (AvgIpc) is 2.73. The molecule has 0 fully saturated rings. The predicted molar refractivity (Wildman–Crippen MR) is 76.9 cm³/mol. The normalized spacial score (nSPS) is 11.6. The molecule has 0 aliphatic carbocycles. The summed E-state index contributed by atoms with van der Waals surface area (Å²) in [5.74, 6) is 0.989. The van der Waals surface area contributed by atoms with Crippen LogP contribution in [0.15, 0.2) is 18.2 Å². The van der Waals surface area contributed by atoms with Crippen LogP contribution in [0, 0.1) is 6.92 Å². The third-order valence-corrected chi connectivity index (χ3v) is 3.37. The number of aromatic nitrogens is 2. The van der Waals surface area contributed by atoms with Crippen molar-refractivity contribution in [1.82, 2.24) is 14.9 Å². The minimum absolute atomic E-state index is 0.989. The molecule has 1 aromatic heterocycles. The van der Waals surface area contributed by atoms with Crippen LogP contribution in [-0.2, 0) is 6.42 Å². The summed E-state index contributed by atoms with van der Waals surface area (Å²) in [6.07, 6.45) is 2.34. The minimum Gasteiger partial charge on any atom is -0.342 e. The molecule has 0 spiro atoms. The molecule has 1 N–H and O–H groups in total. The molecular formula is C15H23N3. The Kier molecular flexibility index (Phi) is 4.37. The van der Waals surface area contributed by atoms with Gasteiger partial charge in [0, 0.05) is 6.54 Å². The Morgan fingerprint density at radius 3 is 2.78 bits per heavy atom. The molecule has 18 heavy (non-hydrogen) atoms. The lowest BCUT2D eigenvalue weighted by Crippen LogP contribution is -2.26. The number of nitrogens with zero attached hydrogens (tertiary/aromatic N) is 2. The number of benzene rings is 1. The van der Waals surface area contributed by atoms with Gasteiger partial charge in [-0.1, -0.05) is 19.9 Å². The van der Waals surface area contributed by atoms with E-state index in [4.69, 9.17) is 0 Å². The molecule has 0 atom stereocenters. The second-order valence-electron chi connectivity index (χ2n) is 4.86. The second kappa shape index (κ2) is 6.01. The number of likely N-dealkylation sites (N-methyl/N-ethyl adjacent to an activating group) is 1. The first-order valence-electron chi connectivity index (χ1n) is 6.90. The molecule has 0 radical (unpaired) electrons. The highest BCUT2D eigenvalue weighted by Crippen LogP contribution is 2.14. The average molecular weight is 245 g/mol. The molecule has 0 saturated carbocycles. The lowest BCUT2D eigenvalue weighted by molar-refractivity contribution is 0.292. The molecule has 0 aliphatic heterocycles. The largest absolute Gasteiger partial charge is 0.342 e. The number of fused-ring (bicyclic) bond motifs is 1. The first-order valence-corrected chi connectivity index (χ1v) is 6.90. The van der Waals surface area contributed by atoms with Crippen molar-refractivity contribution in [1.29, 1.82) is 0 Å². The number of hydrogen-bond donors (Lipinski definition) is 1. The number of hydrogen-bond acceptors (Lipinski definition) is 2. The van der Waals surface area contributed by atoms with Crippen molar-refractivity contribution in [2.45, 2.75) is 33.6 Å². The molecule has 0 bridgehead atoms. The highest BCUT2D eigenvalue weighted by Gasteiger charge is 2.04. The smallest absolute Gasteiger partial charge is 0.104 e. The monoisotopic (exact) mass is 245 g/mol. The maximum atomic E-state index is 4.43. The van der Waals surface area contributed by atoms with Crippen molar-refractivity contribution in [3.8, 4) is 0 Å². The van der Waals surface area contributed by atoms with Crippen LogP contribution < -0.4 is 0 Å². The van der Waals surface area contributed by atoms with Crippen molar-refractivity contribution in [3.63, 3.8) is 0 Å². The topological polar surface area (TPSA) is 31.9 Å². The lowest BCUT2D eigenvalue weighted by Gasteiger charge is -2.19. The summed E-state index contributed by atoms with van der Waals surface area (Å²) in [5, 5.41) is 0. The first kappa shape index (κ1) is 13.1. The molecule has 1 aromatic carbocycles. The molecule has 0 aliphatic rings. The summed E-state index contributed by atoms with van der Waals surface area (Å²) >= 11 is 0. The zero-order valence-corrected chi connectivity index (χ0v) is 11.7. The maximum absolute atomic E-state index is 4.43. The molecule has 98 valence electrons. The maximum Gasteiger partial charge on any atom is 0.104 e. The highest BCUT2D eigenvalue weighted by atomic mass is 15.1. The van der Waals surface area contributed by atoms with Crippen molar-refractivity contribution in [3.05, 3.63) is 29.6 Å². The Labute approximate surface area is 109 Å². The van der Waals surface area contributed by atoms with Gasteiger partial charge in [0.2, 0.25) is 0 Å². The third kappa shape index (κ3) is 3.10. The van der Waals surface area contributed by atoms with Gasteiger partial charge >= 0.3 is 0 Å².